The molecule has 0 saturated carbocycles. The molecule has 1 N–H and O–H groups in total. The van der Waals surface area contributed by atoms with Crippen LogP contribution >= 0.6 is 8.03 Å². The largest absolute Gasteiger partial charge is 0.346 e. The van der Waals surface area contributed by atoms with Gasteiger partial charge in [-0.05, 0) is 19.3 Å². The quantitative estimate of drug-likeness (QED) is 0.363. The van der Waals surface area contributed by atoms with E-state index in [0.29, 0.717) is 6.16 Å². The van der Waals surface area contributed by atoms with Gasteiger partial charge in [-0.25, -0.2) is 0 Å². The molecule has 0 rings (SSSR count). The van der Waals surface area contributed by atoms with Gasteiger partial charge in [0.05, 0.1) is 0 Å². The van der Waals surface area contributed by atoms with Crippen LogP contribution in [0.4, 0.5) is 0 Å². The van der Waals surface area contributed by atoms with Gasteiger partial charge in [0, 0.05) is 6.16 Å². The van der Waals surface area contributed by atoms with Crippen molar-refractivity contribution in [3.05, 3.63) is 12.7 Å². The van der Waals surface area contributed by atoms with E-state index in [-0.39, 0.29) is 0 Å². The van der Waals surface area contributed by atoms with E-state index in [2.05, 4.69) is 6.58 Å². The summed E-state index contributed by atoms with van der Waals surface area (Å²) in [6.07, 6.45) is 9.14. The van der Waals surface area contributed by atoms with E-state index in [4.69, 9.17) is 4.89 Å². The summed E-state index contributed by atoms with van der Waals surface area (Å²) >= 11 is 0. The van der Waals surface area contributed by atoms with Crippen LogP contribution < -0.4 is 0 Å². The van der Waals surface area contributed by atoms with Crippen LogP contribution in [0, 0.1) is 0 Å². The normalized spacial score (nSPS) is 12.8. The van der Waals surface area contributed by atoms with E-state index in [1.54, 1.807) is 0 Å². The highest BCUT2D eigenvalue weighted by molar-refractivity contribution is 7.37. The van der Waals surface area contributed by atoms with Gasteiger partial charge in [0.1, 0.15) is 0 Å². The van der Waals surface area contributed by atoms with Crippen molar-refractivity contribution >= 4 is 8.03 Å². The van der Waals surface area contributed by atoms with E-state index in [1.165, 1.54) is 19.3 Å². The zero-order chi connectivity index (χ0) is 9.23. The maximum Gasteiger partial charge on any atom is 0.189 e. The highest BCUT2D eigenvalue weighted by Gasteiger charge is 1.93. The first kappa shape index (κ1) is 11.9. The Hall–Kier alpha value is -0.0700. The molecular weight excluding hydrogens is 171 g/mol. The van der Waals surface area contributed by atoms with Gasteiger partial charge in [-0.2, -0.15) is 0 Å². The Morgan fingerprint density at radius 3 is 2.33 bits per heavy atom. The van der Waals surface area contributed by atoms with Crippen molar-refractivity contribution in [1.82, 2.24) is 0 Å². The summed E-state index contributed by atoms with van der Waals surface area (Å²) in [5, 5.41) is 0. The average Bonchev–Trinajstić information content (AvgIpc) is 2.02. The van der Waals surface area contributed by atoms with Crippen LogP contribution in [0.2, 0.25) is 0 Å². The smallest absolute Gasteiger partial charge is 0.189 e. The molecule has 0 bridgehead atoms. The lowest BCUT2D eigenvalue weighted by Gasteiger charge is -1.98. The van der Waals surface area contributed by atoms with Gasteiger partial charge < -0.3 is 4.89 Å². The number of hydrogen-bond donors (Lipinski definition) is 1. The number of hydrogen-bond acceptors (Lipinski definition) is 1. The van der Waals surface area contributed by atoms with E-state index >= 15 is 0 Å². The summed E-state index contributed by atoms with van der Waals surface area (Å²) < 4.78 is 10.3. The third-order valence-corrected chi connectivity index (χ3v) is 2.58. The SMILES string of the molecule is C=CCCCCCCC[PH](=O)O. The Labute approximate surface area is 75.6 Å². The summed E-state index contributed by atoms with van der Waals surface area (Å²) in [7, 11) is -2.20. The minimum absolute atomic E-state index is 0.506. The van der Waals surface area contributed by atoms with Gasteiger partial charge in [-0.15, -0.1) is 6.58 Å². The lowest BCUT2D eigenvalue weighted by molar-refractivity contribution is 0.499. The monoisotopic (exact) mass is 190 g/mol. The van der Waals surface area contributed by atoms with Gasteiger partial charge in [-0.1, -0.05) is 25.3 Å². The van der Waals surface area contributed by atoms with Gasteiger partial charge >= 0.3 is 0 Å². The summed E-state index contributed by atoms with van der Waals surface area (Å²) in [4.78, 5) is 8.53. The lowest BCUT2D eigenvalue weighted by Crippen LogP contribution is -1.81. The molecule has 3 heteroatoms. The fourth-order valence-electron chi connectivity index (χ4n) is 1.10. The standard InChI is InChI=1S/C9H19O2P/c1-2-3-4-5-6-7-8-9-12(10)11/h2,12H,1,3-9H2,(H,10,11). The second-order valence-electron chi connectivity index (χ2n) is 2.99. The first-order valence-electron chi connectivity index (χ1n) is 4.60. The molecule has 0 aromatic carbocycles. The predicted molar refractivity (Wildman–Crippen MR) is 54.0 cm³/mol. The Kier molecular flexibility index (Phi) is 8.97. The minimum atomic E-state index is -2.20. The zero-order valence-corrected chi connectivity index (χ0v) is 8.59. The summed E-state index contributed by atoms with van der Waals surface area (Å²) in [5.41, 5.74) is 0. The van der Waals surface area contributed by atoms with E-state index in [0.717, 1.165) is 19.3 Å². The van der Waals surface area contributed by atoms with E-state index < -0.39 is 8.03 Å². The summed E-state index contributed by atoms with van der Waals surface area (Å²) in [5.74, 6) is 0. The molecule has 0 aliphatic carbocycles. The molecular formula is C9H19O2P. The maximum absolute atomic E-state index is 10.3. The molecule has 0 amide bonds. The Morgan fingerprint density at radius 2 is 1.75 bits per heavy atom. The first-order valence-corrected chi connectivity index (χ1v) is 6.16. The Morgan fingerprint density at radius 1 is 1.17 bits per heavy atom. The van der Waals surface area contributed by atoms with Crippen LogP contribution in [0.3, 0.4) is 0 Å². The fraction of sp³-hybridized carbons (Fsp3) is 0.778. The van der Waals surface area contributed by atoms with E-state index in [9.17, 15) is 4.57 Å². The third-order valence-electron chi connectivity index (χ3n) is 1.80. The van der Waals surface area contributed by atoms with Crippen LogP contribution in [-0.4, -0.2) is 11.1 Å². The highest BCUT2D eigenvalue weighted by Crippen LogP contribution is 2.16. The first-order chi connectivity index (χ1) is 5.77. The van der Waals surface area contributed by atoms with Crippen molar-refractivity contribution in [3.63, 3.8) is 0 Å². The van der Waals surface area contributed by atoms with Crippen molar-refractivity contribution < 1.29 is 9.46 Å². The second kappa shape index (κ2) is 9.02. The molecule has 2 nitrogen and oxygen atoms in total. The molecule has 1 atom stereocenters. The van der Waals surface area contributed by atoms with Crippen molar-refractivity contribution in [1.29, 1.82) is 0 Å². The van der Waals surface area contributed by atoms with Crippen molar-refractivity contribution in [2.75, 3.05) is 6.16 Å². The van der Waals surface area contributed by atoms with Crippen LogP contribution in [0.15, 0.2) is 12.7 Å². The van der Waals surface area contributed by atoms with Crippen LogP contribution in [0.25, 0.3) is 0 Å². The molecule has 0 aliphatic heterocycles. The second-order valence-corrected chi connectivity index (χ2v) is 4.28. The van der Waals surface area contributed by atoms with E-state index in [1.807, 2.05) is 6.08 Å². The Balaban J connectivity index is 2.90. The highest BCUT2D eigenvalue weighted by atomic mass is 31.1. The van der Waals surface area contributed by atoms with Crippen molar-refractivity contribution in [3.8, 4) is 0 Å². The van der Waals surface area contributed by atoms with Gasteiger partial charge in [0.25, 0.3) is 0 Å². The molecule has 0 radical (unpaired) electrons. The summed E-state index contributed by atoms with van der Waals surface area (Å²) in [6, 6.07) is 0. The van der Waals surface area contributed by atoms with Gasteiger partial charge in [-0.3, -0.25) is 4.57 Å². The molecule has 0 saturated heterocycles. The summed E-state index contributed by atoms with van der Waals surface area (Å²) in [6.45, 7) is 3.65. The Bertz CT molecular complexity index is 134. The molecule has 0 spiro atoms. The molecule has 0 heterocycles. The molecule has 1 unspecified atom stereocenters. The number of rotatable bonds is 8. The number of allylic oxidation sites excluding steroid dienone is 1. The molecule has 72 valence electrons. The number of unbranched alkanes of at least 4 members (excludes halogenated alkanes) is 5. The average molecular weight is 190 g/mol. The van der Waals surface area contributed by atoms with Crippen LogP contribution in [0.5, 0.6) is 0 Å². The third kappa shape index (κ3) is 9.93. The predicted octanol–water partition coefficient (Wildman–Crippen LogP) is 2.98. The zero-order valence-electron chi connectivity index (χ0n) is 7.59. The lowest BCUT2D eigenvalue weighted by atomic mass is 10.1. The molecule has 0 aliphatic rings. The fourth-order valence-corrected chi connectivity index (χ4v) is 1.65. The molecule has 0 aromatic heterocycles. The van der Waals surface area contributed by atoms with Crippen molar-refractivity contribution in [2.45, 2.75) is 38.5 Å². The topological polar surface area (TPSA) is 37.3 Å². The minimum Gasteiger partial charge on any atom is -0.346 e. The van der Waals surface area contributed by atoms with Gasteiger partial charge in [0.2, 0.25) is 0 Å². The molecule has 0 fully saturated rings. The molecule has 0 aromatic rings. The van der Waals surface area contributed by atoms with Crippen molar-refractivity contribution in [2.24, 2.45) is 0 Å². The molecule has 12 heavy (non-hydrogen) atoms. The van der Waals surface area contributed by atoms with Crippen LogP contribution in [0.1, 0.15) is 38.5 Å². The van der Waals surface area contributed by atoms with Crippen LogP contribution in [-0.2, 0) is 4.57 Å². The maximum atomic E-state index is 10.3. The van der Waals surface area contributed by atoms with Gasteiger partial charge in [0.15, 0.2) is 8.03 Å².